The number of halogens is 1. The van der Waals surface area contributed by atoms with Crippen molar-refractivity contribution in [3.05, 3.63) is 16.4 Å². The van der Waals surface area contributed by atoms with E-state index < -0.39 is 17.9 Å². The van der Waals surface area contributed by atoms with Crippen molar-refractivity contribution < 1.29 is 14.7 Å². The minimum atomic E-state index is -1.08. The Kier molecular flexibility index (Phi) is 4.11. The van der Waals surface area contributed by atoms with Gasteiger partial charge in [0.15, 0.2) is 0 Å². The SMILES string of the molecule is Cc1nn(CC(=O)N[C@H](C)C(=O)O)c(C)c1Cl. The van der Waals surface area contributed by atoms with E-state index in [1.807, 2.05) is 0 Å². The molecule has 2 N–H and O–H groups in total. The minimum Gasteiger partial charge on any atom is -0.480 e. The number of amides is 1. The second-order valence-electron chi connectivity index (χ2n) is 3.77. The molecule has 7 heteroatoms. The summed E-state index contributed by atoms with van der Waals surface area (Å²) >= 11 is 5.93. The van der Waals surface area contributed by atoms with E-state index in [0.29, 0.717) is 16.4 Å². The molecule has 0 bridgehead atoms. The zero-order valence-electron chi connectivity index (χ0n) is 9.82. The summed E-state index contributed by atoms with van der Waals surface area (Å²) in [4.78, 5) is 22.1. The summed E-state index contributed by atoms with van der Waals surface area (Å²) in [6, 6.07) is -0.921. The first-order valence-electron chi connectivity index (χ1n) is 5.04. The van der Waals surface area contributed by atoms with Crippen molar-refractivity contribution in [1.82, 2.24) is 15.1 Å². The summed E-state index contributed by atoms with van der Waals surface area (Å²) < 4.78 is 1.45. The summed E-state index contributed by atoms with van der Waals surface area (Å²) in [5.41, 5.74) is 1.32. The molecule has 6 nitrogen and oxygen atoms in total. The summed E-state index contributed by atoms with van der Waals surface area (Å²) in [5, 5.41) is 15.6. The Bertz CT molecular complexity index is 456. The molecule has 1 rings (SSSR count). The maximum Gasteiger partial charge on any atom is 0.325 e. The fourth-order valence-electron chi connectivity index (χ4n) is 1.31. The van der Waals surface area contributed by atoms with Gasteiger partial charge in [-0.15, -0.1) is 0 Å². The van der Waals surface area contributed by atoms with E-state index in [1.54, 1.807) is 13.8 Å². The number of carboxylic acids is 1. The highest BCUT2D eigenvalue weighted by atomic mass is 35.5. The Morgan fingerprint density at radius 2 is 2.12 bits per heavy atom. The molecule has 0 fully saturated rings. The second-order valence-corrected chi connectivity index (χ2v) is 4.15. The minimum absolute atomic E-state index is 0.0446. The molecule has 17 heavy (non-hydrogen) atoms. The molecule has 0 aromatic carbocycles. The van der Waals surface area contributed by atoms with Gasteiger partial charge in [-0.1, -0.05) is 11.6 Å². The molecule has 0 radical (unpaired) electrons. The van der Waals surface area contributed by atoms with Crippen molar-refractivity contribution in [2.75, 3.05) is 0 Å². The normalized spacial score (nSPS) is 12.2. The van der Waals surface area contributed by atoms with E-state index in [1.165, 1.54) is 11.6 Å². The highest BCUT2D eigenvalue weighted by Gasteiger charge is 2.16. The van der Waals surface area contributed by atoms with Crippen LogP contribution in [0.1, 0.15) is 18.3 Å². The third kappa shape index (κ3) is 3.20. The number of nitrogens with one attached hydrogen (secondary N) is 1. The van der Waals surface area contributed by atoms with Crippen molar-refractivity contribution >= 4 is 23.5 Å². The number of carbonyl (C=O) groups is 2. The van der Waals surface area contributed by atoms with Crippen LogP contribution in [0.3, 0.4) is 0 Å². The number of aromatic nitrogens is 2. The van der Waals surface area contributed by atoms with Gasteiger partial charge in [0, 0.05) is 0 Å². The Balaban J connectivity index is 2.69. The Hall–Kier alpha value is -1.56. The van der Waals surface area contributed by atoms with Crippen LogP contribution in [0.25, 0.3) is 0 Å². The number of hydrogen-bond donors (Lipinski definition) is 2. The van der Waals surface area contributed by atoms with E-state index >= 15 is 0 Å². The van der Waals surface area contributed by atoms with Crippen LogP contribution in [-0.2, 0) is 16.1 Å². The summed E-state index contributed by atoms with van der Waals surface area (Å²) in [5.74, 6) is -1.49. The molecule has 0 aliphatic heterocycles. The van der Waals surface area contributed by atoms with Gasteiger partial charge in [-0.2, -0.15) is 5.10 Å². The first kappa shape index (κ1) is 13.5. The first-order valence-corrected chi connectivity index (χ1v) is 5.42. The van der Waals surface area contributed by atoms with Gasteiger partial charge < -0.3 is 10.4 Å². The number of aliphatic carboxylic acids is 1. The lowest BCUT2D eigenvalue weighted by atomic mass is 10.3. The van der Waals surface area contributed by atoms with Crippen LogP contribution in [-0.4, -0.2) is 32.8 Å². The third-order valence-electron chi connectivity index (χ3n) is 2.33. The van der Waals surface area contributed by atoms with Crippen molar-refractivity contribution in [3.63, 3.8) is 0 Å². The van der Waals surface area contributed by atoms with Gasteiger partial charge in [0.25, 0.3) is 0 Å². The maximum atomic E-state index is 11.5. The van der Waals surface area contributed by atoms with E-state index in [0.717, 1.165) is 0 Å². The second kappa shape index (κ2) is 5.18. The lowest BCUT2D eigenvalue weighted by molar-refractivity contribution is -0.141. The molecular weight excluding hydrogens is 246 g/mol. The molecule has 1 atom stereocenters. The van der Waals surface area contributed by atoms with Crippen LogP contribution in [0, 0.1) is 13.8 Å². The van der Waals surface area contributed by atoms with Crippen LogP contribution in [0.2, 0.25) is 5.02 Å². The highest BCUT2D eigenvalue weighted by molar-refractivity contribution is 6.31. The van der Waals surface area contributed by atoms with E-state index in [9.17, 15) is 9.59 Å². The van der Waals surface area contributed by atoms with Crippen LogP contribution in [0.4, 0.5) is 0 Å². The molecule has 0 saturated heterocycles. The Labute approximate surface area is 104 Å². The quantitative estimate of drug-likeness (QED) is 0.835. The van der Waals surface area contributed by atoms with E-state index in [4.69, 9.17) is 16.7 Å². The molecular formula is C10H14ClN3O3. The number of carbonyl (C=O) groups excluding carboxylic acids is 1. The zero-order valence-corrected chi connectivity index (χ0v) is 10.6. The van der Waals surface area contributed by atoms with Gasteiger partial charge in [-0.3, -0.25) is 14.3 Å². The molecule has 1 amide bonds. The molecule has 0 spiro atoms. The number of aryl methyl sites for hydroxylation is 1. The predicted octanol–water partition coefficient (Wildman–Crippen LogP) is 0.743. The van der Waals surface area contributed by atoms with Crippen LogP contribution in [0.5, 0.6) is 0 Å². The zero-order chi connectivity index (χ0) is 13.2. The molecule has 0 aliphatic carbocycles. The van der Waals surface area contributed by atoms with Crippen molar-refractivity contribution in [1.29, 1.82) is 0 Å². The lowest BCUT2D eigenvalue weighted by Crippen LogP contribution is -2.40. The van der Waals surface area contributed by atoms with E-state index in [-0.39, 0.29) is 6.54 Å². The fourth-order valence-corrected chi connectivity index (χ4v) is 1.45. The molecule has 0 unspecified atom stereocenters. The fraction of sp³-hybridized carbons (Fsp3) is 0.500. The highest BCUT2D eigenvalue weighted by Crippen LogP contribution is 2.18. The van der Waals surface area contributed by atoms with Crippen molar-refractivity contribution in [2.24, 2.45) is 0 Å². The molecule has 94 valence electrons. The van der Waals surface area contributed by atoms with Crippen molar-refractivity contribution in [3.8, 4) is 0 Å². The largest absolute Gasteiger partial charge is 0.480 e. The molecule has 1 heterocycles. The smallest absolute Gasteiger partial charge is 0.325 e. The number of hydrogen-bond acceptors (Lipinski definition) is 3. The first-order chi connectivity index (χ1) is 7.82. The average Bonchev–Trinajstić information content (AvgIpc) is 2.46. The standard InChI is InChI=1S/C10H14ClN3O3/c1-5-9(11)7(3)14(13-5)4-8(15)12-6(2)10(16)17/h6H,4H2,1-3H3,(H,12,15)(H,16,17)/t6-/m1/s1. The Morgan fingerprint density at radius 3 is 2.53 bits per heavy atom. The van der Waals surface area contributed by atoms with E-state index in [2.05, 4.69) is 10.4 Å². The lowest BCUT2D eigenvalue weighted by Gasteiger charge is -2.09. The monoisotopic (exact) mass is 259 g/mol. The molecule has 1 aromatic heterocycles. The van der Waals surface area contributed by atoms with Gasteiger partial charge >= 0.3 is 5.97 Å². The van der Waals surface area contributed by atoms with Gasteiger partial charge in [0.1, 0.15) is 12.6 Å². The Morgan fingerprint density at radius 1 is 1.53 bits per heavy atom. The number of carboxylic acid groups (broad SMARTS) is 1. The molecule has 1 aromatic rings. The average molecular weight is 260 g/mol. The van der Waals surface area contributed by atoms with Crippen LogP contribution < -0.4 is 5.32 Å². The summed E-state index contributed by atoms with van der Waals surface area (Å²) in [7, 11) is 0. The molecule has 0 aliphatic rings. The van der Waals surface area contributed by atoms with Gasteiger partial charge in [-0.05, 0) is 20.8 Å². The molecule has 0 saturated carbocycles. The van der Waals surface area contributed by atoms with Gasteiger partial charge in [0.2, 0.25) is 5.91 Å². The predicted molar refractivity (Wildman–Crippen MR) is 62.0 cm³/mol. The van der Waals surface area contributed by atoms with Crippen molar-refractivity contribution in [2.45, 2.75) is 33.4 Å². The maximum absolute atomic E-state index is 11.5. The number of rotatable bonds is 4. The topological polar surface area (TPSA) is 84.2 Å². The van der Waals surface area contributed by atoms with Crippen LogP contribution in [0.15, 0.2) is 0 Å². The third-order valence-corrected chi connectivity index (χ3v) is 2.88. The summed E-state index contributed by atoms with van der Waals surface area (Å²) in [6.07, 6.45) is 0. The van der Waals surface area contributed by atoms with Gasteiger partial charge in [-0.25, -0.2) is 0 Å². The number of nitrogens with zero attached hydrogens (tertiary/aromatic N) is 2. The van der Waals surface area contributed by atoms with Gasteiger partial charge in [0.05, 0.1) is 16.4 Å². The van der Waals surface area contributed by atoms with Crippen LogP contribution >= 0.6 is 11.6 Å². The summed E-state index contributed by atoms with van der Waals surface area (Å²) in [6.45, 7) is 4.84.